The van der Waals surface area contributed by atoms with Crippen LogP contribution in [0.5, 0.6) is 0 Å². The Balaban J connectivity index is 1.41. The lowest BCUT2D eigenvalue weighted by atomic mass is 10.1. The van der Waals surface area contributed by atoms with Crippen LogP contribution in [0.4, 0.5) is 9.18 Å². The number of hydrogen-bond donors (Lipinski definition) is 1. The van der Waals surface area contributed by atoms with E-state index in [1.54, 1.807) is 6.07 Å². The summed E-state index contributed by atoms with van der Waals surface area (Å²) in [6, 6.07) is 7.03. The fourth-order valence-electron chi connectivity index (χ4n) is 3.20. The van der Waals surface area contributed by atoms with Crippen molar-refractivity contribution in [2.45, 2.75) is 13.0 Å². The van der Waals surface area contributed by atoms with Gasteiger partial charge in [-0.05, 0) is 24.9 Å². The Morgan fingerprint density at radius 2 is 2.04 bits per heavy atom. The number of benzene rings is 1. The van der Waals surface area contributed by atoms with Crippen molar-refractivity contribution < 1.29 is 9.18 Å². The molecular formula is C17H24FN3OS. The lowest BCUT2D eigenvalue weighted by Crippen LogP contribution is -2.45. The fourth-order valence-corrected chi connectivity index (χ4v) is 4.10. The molecule has 1 aromatic carbocycles. The number of halogens is 1. The Hall–Kier alpha value is -1.27. The zero-order chi connectivity index (χ0) is 16.1. The molecule has 3 rings (SSSR count). The van der Waals surface area contributed by atoms with Gasteiger partial charge < -0.3 is 10.2 Å². The Bertz CT molecular complexity index is 536. The Labute approximate surface area is 141 Å². The average molecular weight is 337 g/mol. The van der Waals surface area contributed by atoms with E-state index in [0.29, 0.717) is 12.5 Å². The van der Waals surface area contributed by atoms with Crippen LogP contribution in [0.3, 0.4) is 0 Å². The number of nitrogens with zero attached hydrogens (tertiary/aromatic N) is 2. The summed E-state index contributed by atoms with van der Waals surface area (Å²) in [6.07, 6.45) is 1.06. The van der Waals surface area contributed by atoms with Crippen molar-refractivity contribution in [3.63, 3.8) is 0 Å². The van der Waals surface area contributed by atoms with Gasteiger partial charge in [0.2, 0.25) is 0 Å². The first-order chi connectivity index (χ1) is 11.2. The van der Waals surface area contributed by atoms with E-state index >= 15 is 0 Å². The maximum Gasteiger partial charge on any atom is 0.317 e. The topological polar surface area (TPSA) is 35.6 Å². The standard InChI is InChI=1S/C17H24FN3OS/c18-16-4-2-1-3-15(16)13-20-6-5-14(12-20)11-19-17(22)21-7-9-23-10-8-21/h1-4,14H,5-13H2,(H,19,22)/t14-/m1/s1. The molecular weight excluding hydrogens is 313 g/mol. The number of urea groups is 1. The molecule has 0 aromatic heterocycles. The molecule has 2 aliphatic heterocycles. The second-order valence-corrected chi connectivity index (χ2v) is 7.49. The number of thioether (sulfide) groups is 1. The highest BCUT2D eigenvalue weighted by Crippen LogP contribution is 2.19. The molecule has 0 saturated carbocycles. The lowest BCUT2D eigenvalue weighted by Gasteiger charge is -2.27. The molecule has 2 saturated heterocycles. The first-order valence-electron chi connectivity index (χ1n) is 8.28. The van der Waals surface area contributed by atoms with E-state index in [1.807, 2.05) is 28.8 Å². The van der Waals surface area contributed by atoms with E-state index in [4.69, 9.17) is 0 Å². The van der Waals surface area contributed by atoms with E-state index in [-0.39, 0.29) is 11.8 Å². The molecule has 126 valence electrons. The second-order valence-electron chi connectivity index (χ2n) is 6.27. The van der Waals surface area contributed by atoms with Crippen molar-refractivity contribution in [3.05, 3.63) is 35.6 Å². The quantitative estimate of drug-likeness (QED) is 0.916. The summed E-state index contributed by atoms with van der Waals surface area (Å²) < 4.78 is 13.7. The first-order valence-corrected chi connectivity index (χ1v) is 9.44. The highest BCUT2D eigenvalue weighted by molar-refractivity contribution is 7.99. The van der Waals surface area contributed by atoms with Crippen LogP contribution in [0, 0.1) is 11.7 Å². The van der Waals surface area contributed by atoms with Gasteiger partial charge in [0.15, 0.2) is 0 Å². The maximum atomic E-state index is 13.7. The van der Waals surface area contributed by atoms with Gasteiger partial charge in [-0.2, -0.15) is 11.8 Å². The largest absolute Gasteiger partial charge is 0.338 e. The fraction of sp³-hybridized carbons (Fsp3) is 0.588. The summed E-state index contributed by atoms with van der Waals surface area (Å²) in [5, 5.41) is 3.07. The number of rotatable bonds is 4. The summed E-state index contributed by atoms with van der Waals surface area (Å²) in [7, 11) is 0. The van der Waals surface area contributed by atoms with Crippen LogP contribution in [0.1, 0.15) is 12.0 Å². The molecule has 0 aliphatic carbocycles. The normalized spacial score (nSPS) is 22.3. The van der Waals surface area contributed by atoms with Gasteiger partial charge in [0.25, 0.3) is 0 Å². The van der Waals surface area contributed by atoms with Crippen molar-refractivity contribution in [2.24, 2.45) is 5.92 Å². The Morgan fingerprint density at radius 1 is 1.26 bits per heavy atom. The van der Waals surface area contributed by atoms with Crippen LogP contribution >= 0.6 is 11.8 Å². The van der Waals surface area contributed by atoms with E-state index < -0.39 is 0 Å². The van der Waals surface area contributed by atoms with Gasteiger partial charge in [-0.15, -0.1) is 0 Å². The first kappa shape index (κ1) is 16.6. The monoisotopic (exact) mass is 337 g/mol. The van der Waals surface area contributed by atoms with Gasteiger partial charge in [0, 0.05) is 49.8 Å². The number of carbonyl (C=O) groups is 1. The molecule has 1 atom stereocenters. The molecule has 1 N–H and O–H groups in total. The van der Waals surface area contributed by atoms with E-state index in [9.17, 15) is 9.18 Å². The van der Waals surface area contributed by atoms with Gasteiger partial charge in [-0.3, -0.25) is 4.90 Å². The number of hydrogen-bond acceptors (Lipinski definition) is 3. The summed E-state index contributed by atoms with van der Waals surface area (Å²) in [4.78, 5) is 16.3. The molecule has 0 spiro atoms. The minimum Gasteiger partial charge on any atom is -0.338 e. The predicted octanol–water partition coefficient (Wildman–Crippen LogP) is 2.41. The highest BCUT2D eigenvalue weighted by atomic mass is 32.2. The molecule has 2 fully saturated rings. The summed E-state index contributed by atoms with van der Waals surface area (Å²) in [5.41, 5.74) is 0.753. The minimum atomic E-state index is -0.132. The predicted molar refractivity (Wildman–Crippen MR) is 92.1 cm³/mol. The molecule has 23 heavy (non-hydrogen) atoms. The minimum absolute atomic E-state index is 0.0675. The number of nitrogens with one attached hydrogen (secondary N) is 1. The molecule has 0 bridgehead atoms. The molecule has 0 radical (unpaired) electrons. The molecule has 4 nitrogen and oxygen atoms in total. The van der Waals surface area contributed by atoms with Gasteiger partial charge in [0.05, 0.1) is 0 Å². The van der Waals surface area contributed by atoms with Crippen LogP contribution in [0.25, 0.3) is 0 Å². The van der Waals surface area contributed by atoms with E-state index in [1.165, 1.54) is 6.07 Å². The molecule has 0 unspecified atom stereocenters. The average Bonchev–Trinajstić information content (AvgIpc) is 3.03. The summed E-state index contributed by atoms with van der Waals surface area (Å²) >= 11 is 1.90. The van der Waals surface area contributed by atoms with E-state index in [2.05, 4.69) is 10.2 Å². The summed E-state index contributed by atoms with van der Waals surface area (Å²) in [5.74, 6) is 2.40. The SMILES string of the molecule is O=C(NC[C@H]1CCN(Cc2ccccc2F)C1)N1CCSCC1. The molecule has 2 amide bonds. The van der Waals surface area contributed by atoms with Gasteiger partial charge in [-0.1, -0.05) is 18.2 Å². The Morgan fingerprint density at radius 3 is 2.83 bits per heavy atom. The zero-order valence-electron chi connectivity index (χ0n) is 13.3. The van der Waals surface area contributed by atoms with Crippen LogP contribution in [-0.2, 0) is 6.54 Å². The number of amides is 2. The number of likely N-dealkylation sites (tertiary alicyclic amines) is 1. The van der Waals surface area contributed by atoms with Crippen LogP contribution in [0.15, 0.2) is 24.3 Å². The second kappa shape index (κ2) is 8.02. The lowest BCUT2D eigenvalue weighted by molar-refractivity contribution is 0.201. The smallest absolute Gasteiger partial charge is 0.317 e. The van der Waals surface area contributed by atoms with Gasteiger partial charge >= 0.3 is 6.03 Å². The van der Waals surface area contributed by atoms with Gasteiger partial charge in [0.1, 0.15) is 5.82 Å². The zero-order valence-corrected chi connectivity index (χ0v) is 14.2. The van der Waals surface area contributed by atoms with Crippen LogP contribution in [0.2, 0.25) is 0 Å². The molecule has 2 heterocycles. The Kier molecular flexibility index (Phi) is 5.78. The maximum absolute atomic E-state index is 13.7. The molecule has 6 heteroatoms. The van der Waals surface area contributed by atoms with Crippen molar-refractivity contribution in [1.29, 1.82) is 0 Å². The third-order valence-corrected chi connectivity index (χ3v) is 5.50. The van der Waals surface area contributed by atoms with Gasteiger partial charge in [-0.25, -0.2) is 9.18 Å². The van der Waals surface area contributed by atoms with E-state index in [0.717, 1.165) is 56.2 Å². The van der Waals surface area contributed by atoms with Crippen LogP contribution in [-0.4, -0.2) is 60.1 Å². The van der Waals surface area contributed by atoms with Crippen LogP contribution < -0.4 is 5.32 Å². The summed E-state index contributed by atoms with van der Waals surface area (Å²) in [6.45, 7) is 4.96. The van der Waals surface area contributed by atoms with Crippen molar-refractivity contribution in [3.8, 4) is 0 Å². The van der Waals surface area contributed by atoms with Crippen molar-refractivity contribution in [2.75, 3.05) is 44.2 Å². The van der Waals surface area contributed by atoms with Crippen molar-refractivity contribution >= 4 is 17.8 Å². The number of carbonyl (C=O) groups excluding carboxylic acids is 1. The molecule has 2 aliphatic rings. The molecule has 1 aromatic rings. The third-order valence-electron chi connectivity index (χ3n) is 4.56. The highest BCUT2D eigenvalue weighted by Gasteiger charge is 2.24. The third kappa shape index (κ3) is 4.61. The van der Waals surface area contributed by atoms with Crippen molar-refractivity contribution in [1.82, 2.24) is 15.1 Å².